The van der Waals surface area contributed by atoms with Gasteiger partial charge in [0.1, 0.15) is 11.6 Å². The van der Waals surface area contributed by atoms with E-state index in [4.69, 9.17) is 0 Å². The van der Waals surface area contributed by atoms with Gasteiger partial charge in [0.25, 0.3) is 0 Å². The van der Waals surface area contributed by atoms with Crippen molar-refractivity contribution in [1.82, 2.24) is 5.32 Å². The highest BCUT2D eigenvalue weighted by Crippen LogP contribution is 2.35. The number of nitrogens with one attached hydrogen (secondary N) is 1. The van der Waals surface area contributed by atoms with E-state index in [1.165, 1.54) is 12.1 Å². The normalized spacial score (nSPS) is 16.8. The first-order chi connectivity index (χ1) is 9.61. The third-order valence-corrected chi connectivity index (χ3v) is 4.40. The van der Waals surface area contributed by atoms with E-state index in [9.17, 15) is 8.78 Å². The van der Waals surface area contributed by atoms with Gasteiger partial charge >= 0.3 is 0 Å². The van der Waals surface area contributed by atoms with Crippen LogP contribution >= 0.6 is 15.9 Å². The second-order valence-electron chi connectivity index (χ2n) is 5.28. The van der Waals surface area contributed by atoms with E-state index in [0.29, 0.717) is 30.6 Å². The molecule has 0 amide bonds. The molecule has 0 radical (unpaired) electrons. The molecule has 104 valence electrons. The average molecular weight is 338 g/mol. The van der Waals surface area contributed by atoms with Gasteiger partial charge < -0.3 is 5.32 Å². The number of hydrogen-bond acceptors (Lipinski definition) is 1. The van der Waals surface area contributed by atoms with Crippen molar-refractivity contribution in [2.45, 2.75) is 11.8 Å². The van der Waals surface area contributed by atoms with Crippen molar-refractivity contribution in [3.8, 4) is 0 Å². The maximum atomic E-state index is 14.1. The van der Waals surface area contributed by atoms with Gasteiger partial charge in [-0.3, -0.25) is 0 Å². The summed E-state index contributed by atoms with van der Waals surface area (Å²) in [7, 11) is 0. The molecule has 0 atom stereocenters. The minimum Gasteiger partial charge on any atom is -0.315 e. The molecule has 3 rings (SSSR count). The van der Waals surface area contributed by atoms with Gasteiger partial charge in [-0.05, 0) is 41.8 Å². The number of hydrogen-bond donors (Lipinski definition) is 1. The van der Waals surface area contributed by atoms with Gasteiger partial charge in [0.2, 0.25) is 0 Å². The smallest absolute Gasteiger partial charge is 0.127 e. The number of halogens is 3. The van der Waals surface area contributed by atoms with Gasteiger partial charge in [-0.1, -0.05) is 34.1 Å². The minimum absolute atomic E-state index is 0.218. The van der Waals surface area contributed by atoms with E-state index in [1.807, 2.05) is 6.07 Å². The van der Waals surface area contributed by atoms with Crippen molar-refractivity contribution in [3.05, 3.63) is 69.7 Å². The fourth-order valence-electron chi connectivity index (χ4n) is 2.77. The summed E-state index contributed by atoms with van der Waals surface area (Å²) in [6.07, 6.45) is 0.492. The summed E-state index contributed by atoms with van der Waals surface area (Å²) in [5.41, 5.74) is 0.926. The Bertz CT molecular complexity index is 638. The molecule has 4 heteroatoms. The van der Waals surface area contributed by atoms with Crippen molar-refractivity contribution >= 4 is 15.9 Å². The molecule has 20 heavy (non-hydrogen) atoms. The van der Waals surface area contributed by atoms with Crippen LogP contribution in [0.2, 0.25) is 0 Å². The van der Waals surface area contributed by atoms with Crippen LogP contribution < -0.4 is 5.32 Å². The zero-order valence-electron chi connectivity index (χ0n) is 10.8. The maximum Gasteiger partial charge on any atom is 0.127 e. The Morgan fingerprint density at radius 2 is 1.80 bits per heavy atom. The first-order valence-corrected chi connectivity index (χ1v) is 7.30. The third kappa shape index (κ3) is 2.38. The average Bonchev–Trinajstić information content (AvgIpc) is 2.39. The second-order valence-corrected chi connectivity index (χ2v) is 6.19. The Kier molecular flexibility index (Phi) is 3.61. The summed E-state index contributed by atoms with van der Waals surface area (Å²) in [4.78, 5) is 0. The van der Waals surface area contributed by atoms with E-state index in [0.717, 1.165) is 4.47 Å². The highest BCUT2D eigenvalue weighted by atomic mass is 79.9. The molecule has 0 aliphatic carbocycles. The molecule has 1 N–H and O–H groups in total. The fraction of sp³-hybridized carbons (Fsp3) is 0.250. The summed E-state index contributed by atoms with van der Waals surface area (Å²) < 4.78 is 28.8. The van der Waals surface area contributed by atoms with Crippen LogP contribution in [0.15, 0.2) is 46.9 Å². The van der Waals surface area contributed by atoms with Crippen LogP contribution in [0.5, 0.6) is 0 Å². The van der Waals surface area contributed by atoms with Crippen LogP contribution in [-0.2, 0) is 11.8 Å². The maximum absolute atomic E-state index is 14.1. The lowest BCUT2D eigenvalue weighted by Gasteiger charge is -2.43. The molecular formula is C16H14BrF2N. The van der Waals surface area contributed by atoms with Crippen molar-refractivity contribution in [2.24, 2.45) is 0 Å². The van der Waals surface area contributed by atoms with Gasteiger partial charge in [-0.2, -0.15) is 0 Å². The quantitative estimate of drug-likeness (QED) is 0.897. The fourth-order valence-corrected chi connectivity index (χ4v) is 3.18. The van der Waals surface area contributed by atoms with Crippen LogP contribution in [0.4, 0.5) is 8.78 Å². The lowest BCUT2D eigenvalue weighted by molar-refractivity contribution is 0.263. The zero-order chi connectivity index (χ0) is 14.2. The number of benzene rings is 2. The van der Waals surface area contributed by atoms with E-state index >= 15 is 0 Å². The number of rotatable bonds is 3. The van der Waals surface area contributed by atoms with Crippen LogP contribution in [0.1, 0.15) is 11.1 Å². The molecule has 0 bridgehead atoms. The summed E-state index contributed by atoms with van der Waals surface area (Å²) >= 11 is 3.36. The van der Waals surface area contributed by atoms with E-state index in [-0.39, 0.29) is 17.0 Å². The summed E-state index contributed by atoms with van der Waals surface area (Å²) in [5, 5.41) is 3.18. The molecule has 1 saturated heterocycles. The third-order valence-electron chi connectivity index (χ3n) is 3.91. The lowest BCUT2D eigenvalue weighted by Crippen LogP contribution is -2.58. The van der Waals surface area contributed by atoms with Crippen molar-refractivity contribution < 1.29 is 8.78 Å². The molecule has 0 spiro atoms. The summed E-state index contributed by atoms with van der Waals surface area (Å²) in [6.45, 7) is 1.33. The molecule has 1 heterocycles. The second kappa shape index (κ2) is 5.26. The largest absolute Gasteiger partial charge is 0.315 e. The van der Waals surface area contributed by atoms with Gasteiger partial charge in [0, 0.05) is 23.0 Å². The van der Waals surface area contributed by atoms with Crippen LogP contribution in [0.3, 0.4) is 0 Å². The molecule has 1 aliphatic heterocycles. The predicted molar refractivity (Wildman–Crippen MR) is 78.8 cm³/mol. The Morgan fingerprint density at radius 3 is 2.45 bits per heavy atom. The summed E-state index contributed by atoms with van der Waals surface area (Å²) in [5.74, 6) is -0.458. The van der Waals surface area contributed by atoms with Gasteiger partial charge in [-0.25, -0.2) is 8.78 Å². The predicted octanol–water partition coefficient (Wildman–Crippen LogP) is 3.81. The highest BCUT2D eigenvalue weighted by Gasteiger charge is 2.41. The minimum atomic E-state index is -0.354. The molecule has 0 aromatic heterocycles. The Morgan fingerprint density at radius 1 is 1.05 bits per heavy atom. The first kappa shape index (κ1) is 13.7. The Labute approximate surface area is 125 Å². The van der Waals surface area contributed by atoms with Crippen molar-refractivity contribution in [3.63, 3.8) is 0 Å². The molecule has 1 fully saturated rings. The molecule has 1 aliphatic rings. The SMILES string of the molecule is Fc1ccc(Br)cc1CC1(c2ccccc2F)CNC1. The van der Waals surface area contributed by atoms with E-state index in [1.54, 1.807) is 24.3 Å². The van der Waals surface area contributed by atoms with Crippen LogP contribution in [0, 0.1) is 11.6 Å². The van der Waals surface area contributed by atoms with Crippen molar-refractivity contribution in [1.29, 1.82) is 0 Å². The van der Waals surface area contributed by atoms with Gasteiger partial charge in [0.05, 0.1) is 0 Å². The molecule has 1 nitrogen and oxygen atoms in total. The lowest BCUT2D eigenvalue weighted by atomic mass is 9.70. The molecule has 2 aromatic rings. The Hall–Kier alpha value is -1.26. The van der Waals surface area contributed by atoms with Crippen molar-refractivity contribution in [2.75, 3.05) is 13.1 Å². The Balaban J connectivity index is 1.98. The van der Waals surface area contributed by atoms with E-state index < -0.39 is 0 Å². The van der Waals surface area contributed by atoms with Crippen LogP contribution in [-0.4, -0.2) is 13.1 Å². The van der Waals surface area contributed by atoms with Gasteiger partial charge in [-0.15, -0.1) is 0 Å². The van der Waals surface area contributed by atoms with Crippen LogP contribution in [0.25, 0.3) is 0 Å². The monoisotopic (exact) mass is 337 g/mol. The molecule has 2 aromatic carbocycles. The molecule has 0 saturated carbocycles. The topological polar surface area (TPSA) is 12.0 Å². The zero-order valence-corrected chi connectivity index (χ0v) is 12.4. The van der Waals surface area contributed by atoms with Gasteiger partial charge in [0.15, 0.2) is 0 Å². The standard InChI is InChI=1S/C16H14BrF2N/c17-12-5-6-14(18)11(7-12)8-16(9-20-10-16)13-3-1-2-4-15(13)19/h1-7,20H,8-10H2. The molecule has 0 unspecified atom stereocenters. The van der Waals surface area contributed by atoms with E-state index in [2.05, 4.69) is 21.2 Å². The highest BCUT2D eigenvalue weighted by molar-refractivity contribution is 9.10. The first-order valence-electron chi connectivity index (χ1n) is 6.50. The molecular weight excluding hydrogens is 324 g/mol. The summed E-state index contributed by atoms with van der Waals surface area (Å²) in [6, 6.07) is 11.7.